The van der Waals surface area contributed by atoms with Crippen LogP contribution < -0.4 is 0 Å². The van der Waals surface area contributed by atoms with Gasteiger partial charge in [-0.2, -0.15) is 0 Å². The van der Waals surface area contributed by atoms with Gasteiger partial charge in [0.1, 0.15) is 0 Å². The molecule has 0 aromatic rings. The molecule has 0 aromatic heterocycles. The van der Waals surface area contributed by atoms with Crippen LogP contribution in [0.2, 0.25) is 5.82 Å². The molecule has 2 aliphatic rings. The Bertz CT molecular complexity index is 101. The lowest BCUT2D eigenvalue weighted by molar-refractivity contribution is 1.18. The van der Waals surface area contributed by atoms with Crippen molar-refractivity contribution in [3.63, 3.8) is 0 Å². The predicted molar refractivity (Wildman–Crippen MR) is 21.1 cm³/mol. The number of allylic oxidation sites excluding steroid dienone is 2. The van der Waals surface area contributed by atoms with Crippen molar-refractivity contribution in [1.82, 2.24) is 0 Å². The molecule has 0 atom stereocenters. The molecule has 2 radical (unpaired) electrons. The van der Waals surface area contributed by atoms with Gasteiger partial charge < -0.3 is 0 Å². The van der Waals surface area contributed by atoms with Crippen molar-refractivity contribution in [2.45, 2.75) is 12.2 Å². The van der Waals surface area contributed by atoms with Gasteiger partial charge >= 0.3 is 0 Å². The summed E-state index contributed by atoms with van der Waals surface area (Å²) in [5.41, 5.74) is 3.06. The molecule has 0 N–H and O–H groups in total. The molecule has 0 amide bonds. The molecule has 0 saturated heterocycles. The van der Waals surface area contributed by atoms with Crippen LogP contribution in [0.15, 0.2) is 11.1 Å². The molecule has 0 spiro atoms. The number of hydrogen-bond donors (Lipinski definition) is 0. The van der Waals surface area contributed by atoms with E-state index in [1.165, 1.54) is 17.6 Å². The van der Waals surface area contributed by atoms with Gasteiger partial charge in [-0.3, -0.25) is 0 Å². The summed E-state index contributed by atoms with van der Waals surface area (Å²) in [6.45, 7) is 0. The third-order valence-corrected chi connectivity index (χ3v) is 1.34. The molecule has 2 aliphatic carbocycles. The van der Waals surface area contributed by atoms with E-state index in [-0.39, 0.29) is 0 Å². The van der Waals surface area contributed by atoms with Crippen LogP contribution in [0.3, 0.4) is 0 Å². The summed E-state index contributed by atoms with van der Waals surface area (Å²) >= 11 is 0. The summed E-state index contributed by atoms with van der Waals surface area (Å²) in [6, 6.07) is 0. The summed E-state index contributed by atoms with van der Waals surface area (Å²) in [7, 11) is 5.34. The highest BCUT2D eigenvalue weighted by atomic mass is 14.5. The minimum absolute atomic E-state index is 0.481. The zero-order chi connectivity index (χ0) is 3.44. The van der Waals surface area contributed by atoms with E-state index in [4.69, 9.17) is 7.85 Å². The highest BCUT2D eigenvalue weighted by Gasteiger charge is 2.44. The molecule has 0 fully saturated rings. The van der Waals surface area contributed by atoms with E-state index in [1.54, 1.807) is 0 Å². The monoisotopic (exact) mass is 62.0 g/mol. The first kappa shape index (κ1) is 2.06. The van der Waals surface area contributed by atoms with Gasteiger partial charge in [0.25, 0.3) is 0 Å². The number of hydrogen-bond acceptors (Lipinski definition) is 0. The fraction of sp³-hybridized carbons (Fsp3) is 0.500. The Morgan fingerprint density at radius 1 is 1.60 bits per heavy atom. The highest BCUT2D eigenvalue weighted by Crippen LogP contribution is 2.63. The second-order valence-electron chi connectivity index (χ2n) is 1.70. The maximum atomic E-state index is 5.34. The minimum atomic E-state index is 0.481. The molecule has 0 aliphatic heterocycles. The Labute approximate surface area is 32.3 Å². The molecular weight excluding hydrogens is 58.9 g/mol. The van der Waals surface area contributed by atoms with Crippen molar-refractivity contribution in [3.05, 3.63) is 11.1 Å². The van der Waals surface area contributed by atoms with E-state index in [0.29, 0.717) is 5.82 Å². The lowest BCUT2D eigenvalue weighted by Gasteiger charge is -1.90. The molecule has 22 valence electrons. The van der Waals surface area contributed by atoms with Crippen molar-refractivity contribution in [2.24, 2.45) is 0 Å². The fourth-order valence-corrected chi connectivity index (χ4v) is 0.590. The third kappa shape index (κ3) is 0.0889. The standard InChI is InChI=1S/C4H3B/c5-4-2-1-3(2)4/h4H,1H2. The summed E-state index contributed by atoms with van der Waals surface area (Å²) in [6.07, 6.45) is 1.28. The molecular formula is C4H3B. The normalized spacial score (nSPS) is 30.4. The van der Waals surface area contributed by atoms with Crippen LogP contribution in [-0.4, -0.2) is 7.85 Å². The lowest BCUT2D eigenvalue weighted by atomic mass is 9.88. The van der Waals surface area contributed by atoms with Gasteiger partial charge in [-0.05, 0) is 12.2 Å². The molecule has 0 nitrogen and oxygen atoms in total. The highest BCUT2D eigenvalue weighted by molar-refractivity contribution is 6.22. The largest absolute Gasteiger partial charge is 0.0819 e. The average Bonchev–Trinajstić information content (AvgIpc) is 2.11. The second-order valence-corrected chi connectivity index (χ2v) is 1.70. The van der Waals surface area contributed by atoms with Gasteiger partial charge in [0.05, 0.1) is 7.85 Å². The van der Waals surface area contributed by atoms with Gasteiger partial charge in [-0.15, -0.1) is 0 Å². The second kappa shape index (κ2) is 0.311. The maximum Gasteiger partial charge on any atom is 0.0819 e. The van der Waals surface area contributed by atoms with Crippen LogP contribution in [0, 0.1) is 0 Å². The first-order valence-corrected chi connectivity index (χ1v) is 1.87. The van der Waals surface area contributed by atoms with Crippen molar-refractivity contribution >= 4 is 7.85 Å². The first-order valence-electron chi connectivity index (χ1n) is 1.87. The zero-order valence-electron chi connectivity index (χ0n) is 2.86. The Hall–Kier alpha value is -0.195. The van der Waals surface area contributed by atoms with Crippen LogP contribution in [-0.2, 0) is 0 Å². The van der Waals surface area contributed by atoms with E-state index in [2.05, 4.69) is 0 Å². The Balaban J connectivity index is 2.32. The van der Waals surface area contributed by atoms with Crippen molar-refractivity contribution in [3.8, 4) is 0 Å². The SMILES string of the molecule is [B]C1C2=C1C2. The van der Waals surface area contributed by atoms with Crippen LogP contribution in [0.5, 0.6) is 0 Å². The van der Waals surface area contributed by atoms with Gasteiger partial charge in [-0.1, -0.05) is 11.1 Å². The van der Waals surface area contributed by atoms with Crippen molar-refractivity contribution in [1.29, 1.82) is 0 Å². The van der Waals surface area contributed by atoms with E-state index >= 15 is 0 Å². The smallest absolute Gasteiger partial charge is 0.0684 e. The average molecular weight is 61.9 g/mol. The van der Waals surface area contributed by atoms with Crippen molar-refractivity contribution < 1.29 is 0 Å². The van der Waals surface area contributed by atoms with E-state index < -0.39 is 0 Å². The Kier molecular flexibility index (Phi) is 0.129. The van der Waals surface area contributed by atoms with Gasteiger partial charge in [0.15, 0.2) is 0 Å². The van der Waals surface area contributed by atoms with Gasteiger partial charge in [0, 0.05) is 0 Å². The number of rotatable bonds is 0. The molecule has 2 rings (SSSR count). The van der Waals surface area contributed by atoms with Crippen LogP contribution in [0.4, 0.5) is 0 Å². The molecule has 0 heterocycles. The predicted octanol–water partition coefficient (Wildman–Crippen LogP) is 0.657. The summed E-state index contributed by atoms with van der Waals surface area (Å²) in [4.78, 5) is 0. The maximum absolute atomic E-state index is 5.34. The Morgan fingerprint density at radius 2 is 2.00 bits per heavy atom. The van der Waals surface area contributed by atoms with Gasteiger partial charge in [-0.25, -0.2) is 0 Å². The van der Waals surface area contributed by atoms with Crippen LogP contribution in [0.1, 0.15) is 6.42 Å². The Morgan fingerprint density at radius 3 is 2.00 bits per heavy atom. The summed E-state index contributed by atoms with van der Waals surface area (Å²) in [5, 5.41) is 0. The molecule has 0 unspecified atom stereocenters. The van der Waals surface area contributed by atoms with E-state index in [9.17, 15) is 0 Å². The topological polar surface area (TPSA) is 0 Å². The third-order valence-electron chi connectivity index (χ3n) is 1.34. The van der Waals surface area contributed by atoms with E-state index in [1.807, 2.05) is 0 Å². The quantitative estimate of drug-likeness (QED) is 0.285. The molecule has 5 heavy (non-hydrogen) atoms. The first-order chi connectivity index (χ1) is 2.39. The zero-order valence-corrected chi connectivity index (χ0v) is 2.86. The summed E-state index contributed by atoms with van der Waals surface area (Å²) < 4.78 is 0. The van der Waals surface area contributed by atoms with E-state index in [0.717, 1.165) is 0 Å². The molecule has 0 saturated carbocycles. The van der Waals surface area contributed by atoms with Crippen molar-refractivity contribution in [2.75, 3.05) is 0 Å². The lowest BCUT2D eigenvalue weighted by Crippen LogP contribution is -1.77. The molecule has 1 heteroatoms. The minimum Gasteiger partial charge on any atom is -0.0684 e. The fourth-order valence-electron chi connectivity index (χ4n) is 0.590. The van der Waals surface area contributed by atoms with Crippen LogP contribution >= 0.6 is 0 Å². The molecule has 0 bridgehead atoms. The summed E-state index contributed by atoms with van der Waals surface area (Å²) in [5.74, 6) is 0.481. The van der Waals surface area contributed by atoms with Gasteiger partial charge in [0.2, 0.25) is 0 Å². The van der Waals surface area contributed by atoms with Crippen LogP contribution in [0.25, 0.3) is 0 Å². The molecule has 0 aromatic carbocycles.